The SMILES string of the molecule is CN(C)CCn1cnc2ccccc2c1=O.Cl. The van der Waals surface area contributed by atoms with Gasteiger partial charge in [-0.1, -0.05) is 12.1 Å². The molecule has 0 atom stereocenters. The van der Waals surface area contributed by atoms with Gasteiger partial charge in [-0.2, -0.15) is 0 Å². The van der Waals surface area contributed by atoms with Gasteiger partial charge in [0, 0.05) is 13.1 Å². The lowest BCUT2D eigenvalue weighted by Crippen LogP contribution is -2.26. The van der Waals surface area contributed by atoms with Gasteiger partial charge in [-0.3, -0.25) is 9.36 Å². The van der Waals surface area contributed by atoms with Crippen molar-refractivity contribution in [2.24, 2.45) is 0 Å². The summed E-state index contributed by atoms with van der Waals surface area (Å²) < 4.78 is 1.66. The van der Waals surface area contributed by atoms with Gasteiger partial charge >= 0.3 is 0 Å². The molecule has 0 bridgehead atoms. The van der Waals surface area contributed by atoms with Gasteiger partial charge in [0.25, 0.3) is 5.56 Å². The molecule has 2 aromatic rings. The zero-order valence-corrected chi connectivity index (χ0v) is 10.8. The Balaban J connectivity index is 0.00000144. The molecule has 0 saturated heterocycles. The van der Waals surface area contributed by atoms with Crippen molar-refractivity contribution in [2.75, 3.05) is 20.6 Å². The van der Waals surface area contributed by atoms with Crippen LogP contribution in [0.25, 0.3) is 10.9 Å². The average molecular weight is 254 g/mol. The molecule has 1 aromatic carbocycles. The van der Waals surface area contributed by atoms with E-state index in [1.165, 1.54) is 0 Å². The summed E-state index contributed by atoms with van der Waals surface area (Å²) in [6.45, 7) is 1.50. The first kappa shape index (κ1) is 13.7. The monoisotopic (exact) mass is 253 g/mol. The Labute approximate surface area is 106 Å². The number of aromatic nitrogens is 2. The lowest BCUT2D eigenvalue weighted by atomic mass is 10.2. The number of fused-ring (bicyclic) bond motifs is 1. The zero-order valence-electron chi connectivity index (χ0n) is 9.96. The van der Waals surface area contributed by atoms with Crippen LogP contribution < -0.4 is 5.56 Å². The van der Waals surface area contributed by atoms with Crippen molar-refractivity contribution in [1.82, 2.24) is 14.5 Å². The highest BCUT2D eigenvalue weighted by Crippen LogP contribution is 2.04. The molecule has 4 nitrogen and oxygen atoms in total. The molecule has 0 unspecified atom stereocenters. The van der Waals surface area contributed by atoms with Gasteiger partial charge in [0.2, 0.25) is 0 Å². The third-order valence-electron chi connectivity index (χ3n) is 2.52. The maximum Gasteiger partial charge on any atom is 0.261 e. The molecule has 0 saturated carbocycles. The van der Waals surface area contributed by atoms with E-state index in [-0.39, 0.29) is 18.0 Å². The summed E-state index contributed by atoms with van der Waals surface area (Å²) in [6.07, 6.45) is 1.62. The summed E-state index contributed by atoms with van der Waals surface area (Å²) in [7, 11) is 3.97. The van der Waals surface area contributed by atoms with E-state index in [1.807, 2.05) is 43.3 Å². The van der Waals surface area contributed by atoms with E-state index in [4.69, 9.17) is 0 Å². The largest absolute Gasteiger partial charge is 0.308 e. The fraction of sp³-hybridized carbons (Fsp3) is 0.333. The fourth-order valence-corrected chi connectivity index (χ4v) is 1.57. The first-order valence-electron chi connectivity index (χ1n) is 5.27. The summed E-state index contributed by atoms with van der Waals surface area (Å²) in [6, 6.07) is 7.42. The van der Waals surface area contributed by atoms with Crippen molar-refractivity contribution in [1.29, 1.82) is 0 Å². The highest BCUT2D eigenvalue weighted by molar-refractivity contribution is 5.85. The van der Waals surface area contributed by atoms with Crippen molar-refractivity contribution in [3.8, 4) is 0 Å². The second kappa shape index (κ2) is 5.80. The summed E-state index contributed by atoms with van der Waals surface area (Å²) in [5.41, 5.74) is 0.793. The van der Waals surface area contributed by atoms with Gasteiger partial charge in [-0.15, -0.1) is 12.4 Å². The van der Waals surface area contributed by atoms with Crippen molar-refractivity contribution in [3.05, 3.63) is 40.9 Å². The Bertz CT molecular complexity index is 551. The van der Waals surface area contributed by atoms with Gasteiger partial charge < -0.3 is 4.90 Å². The van der Waals surface area contributed by atoms with Crippen LogP contribution in [0.4, 0.5) is 0 Å². The highest BCUT2D eigenvalue weighted by Gasteiger charge is 2.02. The molecule has 0 amide bonds. The second-order valence-corrected chi connectivity index (χ2v) is 4.06. The van der Waals surface area contributed by atoms with Gasteiger partial charge in [0.15, 0.2) is 0 Å². The molecule has 0 aliphatic rings. The van der Waals surface area contributed by atoms with Crippen LogP contribution in [0.5, 0.6) is 0 Å². The number of halogens is 1. The number of rotatable bonds is 3. The summed E-state index contributed by atoms with van der Waals surface area (Å²) in [5.74, 6) is 0. The topological polar surface area (TPSA) is 38.1 Å². The first-order chi connectivity index (χ1) is 7.68. The number of nitrogens with zero attached hydrogens (tertiary/aromatic N) is 3. The number of benzene rings is 1. The first-order valence-corrected chi connectivity index (χ1v) is 5.27. The third kappa shape index (κ3) is 3.05. The predicted octanol–water partition coefficient (Wildman–Crippen LogP) is 1.38. The fourth-order valence-electron chi connectivity index (χ4n) is 1.57. The van der Waals surface area contributed by atoms with Crippen molar-refractivity contribution in [3.63, 3.8) is 0 Å². The lowest BCUT2D eigenvalue weighted by molar-refractivity contribution is 0.380. The Morgan fingerprint density at radius 3 is 2.71 bits per heavy atom. The lowest BCUT2D eigenvalue weighted by Gasteiger charge is -2.11. The van der Waals surface area contributed by atoms with Gasteiger partial charge in [-0.05, 0) is 26.2 Å². The third-order valence-corrected chi connectivity index (χ3v) is 2.52. The van der Waals surface area contributed by atoms with Crippen LogP contribution in [0.1, 0.15) is 0 Å². The van der Waals surface area contributed by atoms with Crippen LogP contribution >= 0.6 is 12.4 Å². The van der Waals surface area contributed by atoms with E-state index in [0.717, 1.165) is 12.1 Å². The summed E-state index contributed by atoms with van der Waals surface area (Å²) in [5, 5.41) is 0.684. The van der Waals surface area contributed by atoms with Crippen LogP contribution in [0.3, 0.4) is 0 Å². The second-order valence-electron chi connectivity index (χ2n) is 4.06. The minimum Gasteiger partial charge on any atom is -0.308 e. The molecule has 1 heterocycles. The number of likely N-dealkylation sites (N-methyl/N-ethyl adjacent to an activating group) is 1. The molecule has 1 aromatic heterocycles. The highest BCUT2D eigenvalue weighted by atomic mass is 35.5. The Hall–Kier alpha value is -1.39. The van der Waals surface area contributed by atoms with E-state index in [0.29, 0.717) is 11.9 Å². The Morgan fingerprint density at radius 2 is 2.00 bits per heavy atom. The predicted molar refractivity (Wildman–Crippen MR) is 71.8 cm³/mol. The molecule has 17 heavy (non-hydrogen) atoms. The van der Waals surface area contributed by atoms with Crippen LogP contribution in [-0.4, -0.2) is 35.1 Å². The standard InChI is InChI=1S/C12H15N3O.ClH/c1-14(2)7-8-15-9-13-11-6-4-3-5-10(11)12(15)16;/h3-6,9H,7-8H2,1-2H3;1H. The Morgan fingerprint density at radius 1 is 1.29 bits per heavy atom. The Kier molecular flexibility index (Phi) is 4.66. The molecule has 0 N–H and O–H groups in total. The number of hydrogen-bond acceptors (Lipinski definition) is 3. The van der Waals surface area contributed by atoms with Crippen molar-refractivity contribution >= 4 is 23.3 Å². The molecular weight excluding hydrogens is 238 g/mol. The zero-order chi connectivity index (χ0) is 11.5. The molecule has 5 heteroatoms. The molecule has 0 fully saturated rings. The maximum absolute atomic E-state index is 12.0. The number of hydrogen-bond donors (Lipinski definition) is 0. The van der Waals surface area contributed by atoms with Gasteiger partial charge in [-0.25, -0.2) is 4.98 Å². The van der Waals surface area contributed by atoms with E-state index >= 15 is 0 Å². The van der Waals surface area contributed by atoms with E-state index in [1.54, 1.807) is 10.9 Å². The molecular formula is C12H16ClN3O. The molecule has 0 aliphatic heterocycles. The molecule has 0 spiro atoms. The average Bonchev–Trinajstić information content (AvgIpc) is 2.28. The van der Waals surface area contributed by atoms with Crippen LogP contribution in [0, 0.1) is 0 Å². The van der Waals surface area contributed by atoms with Gasteiger partial charge in [0.05, 0.1) is 17.2 Å². The summed E-state index contributed by atoms with van der Waals surface area (Å²) >= 11 is 0. The van der Waals surface area contributed by atoms with E-state index in [2.05, 4.69) is 4.98 Å². The quantitative estimate of drug-likeness (QED) is 0.830. The summed E-state index contributed by atoms with van der Waals surface area (Å²) in [4.78, 5) is 18.4. The van der Waals surface area contributed by atoms with Crippen LogP contribution in [-0.2, 0) is 6.54 Å². The molecule has 2 rings (SSSR count). The van der Waals surface area contributed by atoms with Gasteiger partial charge in [0.1, 0.15) is 0 Å². The van der Waals surface area contributed by atoms with Crippen LogP contribution in [0.2, 0.25) is 0 Å². The number of para-hydroxylation sites is 1. The minimum absolute atomic E-state index is 0. The van der Waals surface area contributed by atoms with Crippen molar-refractivity contribution in [2.45, 2.75) is 6.54 Å². The smallest absolute Gasteiger partial charge is 0.261 e. The molecule has 0 aliphatic carbocycles. The minimum atomic E-state index is 0. The molecule has 92 valence electrons. The van der Waals surface area contributed by atoms with E-state index in [9.17, 15) is 4.79 Å². The maximum atomic E-state index is 12.0. The molecule has 0 radical (unpaired) electrons. The van der Waals surface area contributed by atoms with Crippen molar-refractivity contribution < 1.29 is 0 Å². The normalized spacial score (nSPS) is 10.5. The van der Waals surface area contributed by atoms with E-state index < -0.39 is 0 Å². The van der Waals surface area contributed by atoms with Crippen LogP contribution in [0.15, 0.2) is 35.4 Å².